The van der Waals surface area contributed by atoms with Gasteiger partial charge < -0.3 is 5.32 Å². The first-order valence-electron chi connectivity index (χ1n) is 9.93. The van der Waals surface area contributed by atoms with Crippen molar-refractivity contribution in [3.8, 4) is 10.6 Å². The molecule has 4 rings (SSSR count). The van der Waals surface area contributed by atoms with E-state index in [1.165, 1.54) is 15.6 Å². The quantitative estimate of drug-likeness (QED) is 0.518. The van der Waals surface area contributed by atoms with Gasteiger partial charge in [-0.3, -0.25) is 4.79 Å². The van der Waals surface area contributed by atoms with Crippen LogP contribution in [0.15, 0.2) is 48.5 Å². The molecule has 1 aliphatic rings. The van der Waals surface area contributed by atoms with Crippen LogP contribution >= 0.6 is 34.5 Å². The van der Waals surface area contributed by atoms with Gasteiger partial charge in [0.1, 0.15) is 5.01 Å². The zero-order chi connectivity index (χ0) is 22.7. The SMILES string of the molecule is O=C(Nc1nnc(-c2ccccc2)s1)[C@@H]1CCCN(S(=O)(=O)Cc2ccc(Cl)c(Cl)c2)C1. The number of nitrogens with zero attached hydrogens (tertiary/aromatic N) is 3. The van der Waals surface area contributed by atoms with Crippen LogP contribution in [0.4, 0.5) is 5.13 Å². The molecule has 1 aromatic heterocycles. The maximum absolute atomic E-state index is 12.9. The number of rotatable bonds is 6. The summed E-state index contributed by atoms with van der Waals surface area (Å²) in [6.45, 7) is 0.504. The van der Waals surface area contributed by atoms with Crippen molar-refractivity contribution in [3.63, 3.8) is 0 Å². The predicted octanol–water partition coefficient (Wildman–Crippen LogP) is 4.69. The summed E-state index contributed by atoms with van der Waals surface area (Å²) in [5.74, 6) is -0.915. The molecule has 1 fully saturated rings. The third-order valence-electron chi connectivity index (χ3n) is 5.16. The second-order valence-corrected chi connectivity index (χ2v) is 11.2. The number of hydrogen-bond donors (Lipinski definition) is 1. The van der Waals surface area contributed by atoms with Gasteiger partial charge in [-0.2, -0.15) is 0 Å². The van der Waals surface area contributed by atoms with E-state index in [-0.39, 0.29) is 18.2 Å². The Balaban J connectivity index is 1.40. The first-order valence-corrected chi connectivity index (χ1v) is 13.1. The van der Waals surface area contributed by atoms with Crippen LogP contribution in [0.1, 0.15) is 18.4 Å². The number of benzene rings is 2. The molecule has 168 valence electrons. The summed E-state index contributed by atoms with van der Waals surface area (Å²) in [6.07, 6.45) is 1.21. The molecule has 0 unspecified atom stereocenters. The van der Waals surface area contributed by atoms with E-state index in [4.69, 9.17) is 23.2 Å². The normalized spacial score (nSPS) is 17.2. The summed E-state index contributed by atoms with van der Waals surface area (Å²) >= 11 is 13.2. The summed E-state index contributed by atoms with van der Waals surface area (Å²) in [5.41, 5.74) is 1.47. The topological polar surface area (TPSA) is 92.3 Å². The van der Waals surface area contributed by atoms with Gasteiger partial charge in [-0.15, -0.1) is 10.2 Å². The number of carbonyl (C=O) groups excluding carboxylic acids is 1. The summed E-state index contributed by atoms with van der Waals surface area (Å²) in [4.78, 5) is 12.8. The summed E-state index contributed by atoms with van der Waals surface area (Å²) in [7, 11) is -3.61. The highest BCUT2D eigenvalue weighted by atomic mass is 35.5. The Bertz CT molecular complexity index is 1220. The number of halogens is 2. The van der Waals surface area contributed by atoms with Crippen LogP contribution in [0.25, 0.3) is 10.6 Å². The van der Waals surface area contributed by atoms with Crippen molar-refractivity contribution < 1.29 is 13.2 Å². The molecule has 1 saturated heterocycles. The van der Waals surface area contributed by atoms with Crippen LogP contribution in [-0.4, -0.2) is 41.9 Å². The monoisotopic (exact) mass is 510 g/mol. The first-order chi connectivity index (χ1) is 15.3. The lowest BCUT2D eigenvalue weighted by Gasteiger charge is -2.31. The summed E-state index contributed by atoms with van der Waals surface area (Å²) < 4.78 is 27.2. The van der Waals surface area contributed by atoms with Crippen LogP contribution in [0.2, 0.25) is 10.0 Å². The molecule has 7 nitrogen and oxygen atoms in total. The van der Waals surface area contributed by atoms with Gasteiger partial charge >= 0.3 is 0 Å². The largest absolute Gasteiger partial charge is 0.300 e. The fraction of sp³-hybridized carbons (Fsp3) is 0.286. The lowest BCUT2D eigenvalue weighted by atomic mass is 9.99. The number of aromatic nitrogens is 2. The maximum atomic E-state index is 12.9. The molecule has 11 heteroatoms. The third kappa shape index (κ3) is 5.47. The highest BCUT2D eigenvalue weighted by Crippen LogP contribution is 2.28. The van der Waals surface area contributed by atoms with Gasteiger partial charge in [-0.05, 0) is 30.5 Å². The van der Waals surface area contributed by atoms with Gasteiger partial charge in [0.15, 0.2) is 0 Å². The molecule has 2 aromatic carbocycles. The fourth-order valence-electron chi connectivity index (χ4n) is 3.52. The zero-order valence-electron chi connectivity index (χ0n) is 16.9. The van der Waals surface area contributed by atoms with Crippen molar-refractivity contribution in [2.45, 2.75) is 18.6 Å². The predicted molar refractivity (Wildman–Crippen MR) is 127 cm³/mol. The van der Waals surface area contributed by atoms with Gasteiger partial charge in [0.25, 0.3) is 0 Å². The molecule has 0 aliphatic carbocycles. The Kier molecular flexibility index (Phi) is 7.11. The summed E-state index contributed by atoms with van der Waals surface area (Å²) in [5, 5.41) is 12.7. The van der Waals surface area contributed by atoms with Gasteiger partial charge in [-0.25, -0.2) is 12.7 Å². The Morgan fingerprint density at radius 3 is 2.66 bits per heavy atom. The minimum absolute atomic E-state index is 0.125. The number of carbonyl (C=O) groups is 1. The molecule has 0 saturated carbocycles. The van der Waals surface area contributed by atoms with Crippen LogP contribution in [0, 0.1) is 5.92 Å². The number of anilines is 1. The van der Waals surface area contributed by atoms with Crippen molar-refractivity contribution in [1.82, 2.24) is 14.5 Å². The van der Waals surface area contributed by atoms with Crippen molar-refractivity contribution in [2.24, 2.45) is 5.92 Å². The van der Waals surface area contributed by atoms with E-state index in [1.807, 2.05) is 30.3 Å². The van der Waals surface area contributed by atoms with E-state index >= 15 is 0 Å². The molecule has 3 aromatic rings. The molecular weight excluding hydrogens is 491 g/mol. The standard InChI is InChI=1S/C21H20Cl2N4O3S2/c22-17-9-8-14(11-18(17)23)13-32(29,30)27-10-4-7-16(12-27)19(28)24-21-26-25-20(31-21)15-5-2-1-3-6-15/h1-3,5-6,8-9,11,16H,4,7,10,12-13H2,(H,24,26,28)/t16-/m1/s1. The van der Waals surface area contributed by atoms with Gasteiger partial charge in [0, 0.05) is 18.7 Å². The molecule has 0 bridgehead atoms. The van der Waals surface area contributed by atoms with Crippen LogP contribution in [0.5, 0.6) is 0 Å². The van der Waals surface area contributed by atoms with Gasteiger partial charge in [0.05, 0.1) is 21.7 Å². The Morgan fingerprint density at radius 2 is 1.91 bits per heavy atom. The fourth-order valence-corrected chi connectivity index (χ4v) is 6.19. The molecule has 0 radical (unpaired) electrons. The minimum Gasteiger partial charge on any atom is -0.300 e. The molecule has 1 N–H and O–H groups in total. The lowest BCUT2D eigenvalue weighted by Crippen LogP contribution is -2.44. The molecule has 1 atom stereocenters. The molecule has 2 heterocycles. The van der Waals surface area contributed by atoms with E-state index in [0.717, 1.165) is 5.56 Å². The Morgan fingerprint density at radius 1 is 1.12 bits per heavy atom. The highest BCUT2D eigenvalue weighted by Gasteiger charge is 2.33. The molecule has 32 heavy (non-hydrogen) atoms. The molecule has 0 spiro atoms. The highest BCUT2D eigenvalue weighted by molar-refractivity contribution is 7.88. The average Bonchev–Trinajstić information content (AvgIpc) is 3.25. The van der Waals surface area contributed by atoms with Crippen molar-refractivity contribution in [1.29, 1.82) is 0 Å². The molecule has 1 aliphatic heterocycles. The van der Waals surface area contributed by atoms with Crippen LogP contribution < -0.4 is 5.32 Å². The Hall–Kier alpha value is -2.04. The Labute approximate surface area is 200 Å². The van der Waals surface area contributed by atoms with Crippen molar-refractivity contribution in [3.05, 3.63) is 64.1 Å². The number of sulfonamides is 1. The average molecular weight is 511 g/mol. The second kappa shape index (κ2) is 9.84. The number of amides is 1. The lowest BCUT2D eigenvalue weighted by molar-refractivity contribution is -0.120. The molecule has 1 amide bonds. The van der Waals surface area contributed by atoms with Crippen molar-refractivity contribution >= 4 is 55.6 Å². The van der Waals surface area contributed by atoms with E-state index in [1.54, 1.807) is 18.2 Å². The van der Waals surface area contributed by atoms with E-state index in [0.29, 0.717) is 45.1 Å². The van der Waals surface area contributed by atoms with Crippen LogP contribution in [-0.2, 0) is 20.6 Å². The van der Waals surface area contributed by atoms with Gasteiger partial charge in [-0.1, -0.05) is 70.9 Å². The smallest absolute Gasteiger partial charge is 0.230 e. The van der Waals surface area contributed by atoms with Crippen molar-refractivity contribution in [2.75, 3.05) is 18.4 Å². The summed E-state index contributed by atoms with van der Waals surface area (Å²) in [6, 6.07) is 14.3. The number of nitrogens with one attached hydrogen (secondary N) is 1. The first kappa shape index (κ1) is 23.1. The second-order valence-electron chi connectivity index (χ2n) is 7.47. The van der Waals surface area contributed by atoms with E-state index in [2.05, 4.69) is 15.5 Å². The van der Waals surface area contributed by atoms with E-state index < -0.39 is 15.9 Å². The zero-order valence-corrected chi connectivity index (χ0v) is 20.0. The third-order valence-corrected chi connectivity index (χ3v) is 8.60. The van der Waals surface area contributed by atoms with E-state index in [9.17, 15) is 13.2 Å². The molecular formula is C21H20Cl2N4O3S2. The minimum atomic E-state index is -3.61. The van der Waals surface area contributed by atoms with Crippen LogP contribution in [0.3, 0.4) is 0 Å². The number of hydrogen-bond acceptors (Lipinski definition) is 6. The number of piperidine rings is 1. The maximum Gasteiger partial charge on any atom is 0.230 e. The van der Waals surface area contributed by atoms with Gasteiger partial charge in [0.2, 0.25) is 21.1 Å².